The SMILES string of the molecule is C=C(CCC)C(=N)/C=C(/CC)NCCC(F)(F)F. The molecule has 0 radical (unpaired) electrons. The molecule has 0 aliphatic carbocycles. The maximum Gasteiger partial charge on any atom is 0.390 e. The van der Waals surface area contributed by atoms with Gasteiger partial charge in [-0.25, -0.2) is 0 Å². The lowest BCUT2D eigenvalue weighted by molar-refractivity contribution is -0.133. The van der Waals surface area contributed by atoms with Crippen LogP contribution in [0.25, 0.3) is 0 Å². The van der Waals surface area contributed by atoms with Crippen molar-refractivity contribution in [3.8, 4) is 0 Å². The molecule has 0 aromatic carbocycles. The molecule has 5 heteroatoms. The van der Waals surface area contributed by atoms with Crippen LogP contribution < -0.4 is 5.32 Å². The first-order valence-corrected chi connectivity index (χ1v) is 6.08. The molecule has 0 aliphatic rings. The van der Waals surface area contributed by atoms with Gasteiger partial charge in [0.25, 0.3) is 0 Å². The lowest BCUT2D eigenvalue weighted by atomic mass is 10.1. The maximum atomic E-state index is 12.0. The molecule has 2 N–H and O–H groups in total. The molecule has 0 saturated heterocycles. The van der Waals surface area contributed by atoms with Crippen molar-refractivity contribution >= 4 is 5.71 Å². The van der Waals surface area contributed by atoms with Gasteiger partial charge < -0.3 is 10.7 Å². The quantitative estimate of drug-likeness (QED) is 0.632. The zero-order valence-electron chi connectivity index (χ0n) is 11.0. The second-order valence-corrected chi connectivity index (χ2v) is 4.08. The summed E-state index contributed by atoms with van der Waals surface area (Å²) >= 11 is 0. The fourth-order valence-corrected chi connectivity index (χ4v) is 1.36. The van der Waals surface area contributed by atoms with Gasteiger partial charge in [-0.2, -0.15) is 13.2 Å². The van der Waals surface area contributed by atoms with Gasteiger partial charge in [0.2, 0.25) is 0 Å². The predicted octanol–water partition coefficient (Wildman–Crippen LogP) is 4.20. The number of rotatable bonds is 8. The number of nitrogens with one attached hydrogen (secondary N) is 2. The maximum absolute atomic E-state index is 12.0. The topological polar surface area (TPSA) is 35.9 Å². The van der Waals surface area contributed by atoms with E-state index in [9.17, 15) is 13.2 Å². The molecule has 0 spiro atoms. The van der Waals surface area contributed by atoms with E-state index >= 15 is 0 Å². The Morgan fingerprint density at radius 1 is 1.33 bits per heavy atom. The molecule has 0 bridgehead atoms. The van der Waals surface area contributed by atoms with E-state index in [1.165, 1.54) is 0 Å². The standard InChI is InChI=1S/C13H21F3N2/c1-4-6-10(3)12(17)9-11(5-2)18-8-7-13(14,15)16/h9,17-18H,3-8H2,1-2H3/b11-9-,17-12?. The highest BCUT2D eigenvalue weighted by molar-refractivity contribution is 6.05. The van der Waals surface area contributed by atoms with Gasteiger partial charge in [0, 0.05) is 12.2 Å². The molecule has 0 amide bonds. The molecule has 0 rings (SSSR count). The van der Waals surface area contributed by atoms with Crippen LogP contribution in [0.15, 0.2) is 23.9 Å². The summed E-state index contributed by atoms with van der Waals surface area (Å²) in [6.07, 6.45) is -1.25. The fourth-order valence-electron chi connectivity index (χ4n) is 1.36. The van der Waals surface area contributed by atoms with E-state index in [2.05, 4.69) is 11.9 Å². The largest absolute Gasteiger partial charge is 0.390 e. The van der Waals surface area contributed by atoms with Gasteiger partial charge in [-0.05, 0) is 24.5 Å². The minimum Gasteiger partial charge on any atom is -0.388 e. The van der Waals surface area contributed by atoms with E-state index in [0.717, 1.165) is 12.8 Å². The summed E-state index contributed by atoms with van der Waals surface area (Å²) in [5, 5.41) is 10.5. The highest BCUT2D eigenvalue weighted by atomic mass is 19.4. The zero-order chi connectivity index (χ0) is 14.2. The Labute approximate surface area is 106 Å². The molecule has 104 valence electrons. The van der Waals surface area contributed by atoms with Crippen LogP contribution in [0.1, 0.15) is 39.5 Å². The van der Waals surface area contributed by atoms with Crippen LogP contribution in [-0.4, -0.2) is 18.4 Å². The molecule has 0 aromatic rings. The van der Waals surface area contributed by atoms with Crippen LogP contribution in [0, 0.1) is 5.41 Å². The Morgan fingerprint density at radius 2 is 1.94 bits per heavy atom. The Balaban J connectivity index is 4.31. The van der Waals surface area contributed by atoms with Crippen molar-refractivity contribution in [1.29, 1.82) is 5.41 Å². The molecule has 0 unspecified atom stereocenters. The van der Waals surface area contributed by atoms with Gasteiger partial charge >= 0.3 is 6.18 Å². The second kappa shape index (κ2) is 7.95. The summed E-state index contributed by atoms with van der Waals surface area (Å²) in [4.78, 5) is 0. The third kappa shape index (κ3) is 7.92. The Kier molecular flexibility index (Phi) is 7.39. The minimum absolute atomic E-state index is 0.156. The third-order valence-electron chi connectivity index (χ3n) is 2.39. The van der Waals surface area contributed by atoms with Crippen molar-refractivity contribution in [2.24, 2.45) is 0 Å². The Morgan fingerprint density at radius 3 is 2.39 bits per heavy atom. The molecular formula is C13H21F3N2. The van der Waals surface area contributed by atoms with E-state index in [4.69, 9.17) is 5.41 Å². The smallest absolute Gasteiger partial charge is 0.388 e. The molecule has 18 heavy (non-hydrogen) atoms. The van der Waals surface area contributed by atoms with Gasteiger partial charge in [-0.15, -0.1) is 0 Å². The highest BCUT2D eigenvalue weighted by Gasteiger charge is 2.26. The lowest BCUT2D eigenvalue weighted by Gasteiger charge is -2.12. The summed E-state index contributed by atoms with van der Waals surface area (Å²) in [6.45, 7) is 7.44. The average molecular weight is 262 g/mol. The van der Waals surface area contributed by atoms with E-state index in [1.807, 2.05) is 13.8 Å². The predicted molar refractivity (Wildman–Crippen MR) is 68.8 cm³/mol. The van der Waals surface area contributed by atoms with Gasteiger partial charge in [0.1, 0.15) is 0 Å². The average Bonchev–Trinajstić information content (AvgIpc) is 2.26. The fraction of sp³-hybridized carbons (Fsp3) is 0.615. The van der Waals surface area contributed by atoms with Crippen molar-refractivity contribution in [2.75, 3.05) is 6.54 Å². The van der Waals surface area contributed by atoms with Gasteiger partial charge in [0.05, 0.1) is 12.1 Å². The van der Waals surface area contributed by atoms with Crippen LogP contribution in [0.4, 0.5) is 13.2 Å². The Hall–Kier alpha value is -1.26. The van der Waals surface area contributed by atoms with Crippen LogP contribution >= 0.6 is 0 Å². The van der Waals surface area contributed by atoms with E-state index in [1.54, 1.807) is 6.08 Å². The molecule has 0 fully saturated rings. The number of alkyl halides is 3. The molecule has 2 nitrogen and oxygen atoms in total. The monoisotopic (exact) mass is 262 g/mol. The first kappa shape index (κ1) is 16.7. The molecule has 0 aliphatic heterocycles. The highest BCUT2D eigenvalue weighted by Crippen LogP contribution is 2.18. The summed E-state index contributed by atoms with van der Waals surface area (Å²) in [7, 11) is 0. The summed E-state index contributed by atoms with van der Waals surface area (Å²) in [6, 6.07) is 0. The summed E-state index contributed by atoms with van der Waals surface area (Å²) in [5.41, 5.74) is 1.63. The third-order valence-corrected chi connectivity index (χ3v) is 2.39. The van der Waals surface area contributed by atoms with Crippen molar-refractivity contribution < 1.29 is 13.2 Å². The molecular weight excluding hydrogens is 241 g/mol. The molecule has 0 aromatic heterocycles. The number of halogens is 3. The van der Waals surface area contributed by atoms with Crippen LogP contribution in [0.3, 0.4) is 0 Å². The van der Waals surface area contributed by atoms with Crippen molar-refractivity contribution in [3.63, 3.8) is 0 Å². The van der Waals surface area contributed by atoms with Gasteiger partial charge in [-0.3, -0.25) is 0 Å². The molecule has 0 atom stereocenters. The molecule has 0 saturated carbocycles. The number of hydrogen-bond acceptors (Lipinski definition) is 2. The Bertz CT molecular complexity index is 317. The second-order valence-electron chi connectivity index (χ2n) is 4.08. The normalized spacial score (nSPS) is 12.4. The molecule has 0 heterocycles. The van der Waals surface area contributed by atoms with Crippen LogP contribution in [0.2, 0.25) is 0 Å². The minimum atomic E-state index is -4.15. The summed E-state index contributed by atoms with van der Waals surface area (Å²) < 4.78 is 36.0. The van der Waals surface area contributed by atoms with Crippen molar-refractivity contribution in [1.82, 2.24) is 5.32 Å². The summed E-state index contributed by atoms with van der Waals surface area (Å²) in [5.74, 6) is 0. The van der Waals surface area contributed by atoms with Crippen LogP contribution in [0.5, 0.6) is 0 Å². The van der Waals surface area contributed by atoms with E-state index in [0.29, 0.717) is 17.7 Å². The number of hydrogen-bond donors (Lipinski definition) is 2. The van der Waals surface area contributed by atoms with Crippen LogP contribution in [-0.2, 0) is 0 Å². The zero-order valence-corrected chi connectivity index (χ0v) is 11.0. The van der Waals surface area contributed by atoms with Crippen molar-refractivity contribution in [2.45, 2.75) is 45.7 Å². The number of allylic oxidation sites excluding steroid dienone is 3. The van der Waals surface area contributed by atoms with Gasteiger partial charge in [0.15, 0.2) is 0 Å². The first-order valence-electron chi connectivity index (χ1n) is 6.08. The van der Waals surface area contributed by atoms with Crippen molar-refractivity contribution in [3.05, 3.63) is 23.9 Å². The van der Waals surface area contributed by atoms with Gasteiger partial charge in [-0.1, -0.05) is 26.8 Å². The first-order chi connectivity index (χ1) is 8.30. The van der Waals surface area contributed by atoms with E-state index < -0.39 is 12.6 Å². The lowest BCUT2D eigenvalue weighted by Crippen LogP contribution is -2.21. The van der Waals surface area contributed by atoms with E-state index in [-0.39, 0.29) is 12.3 Å².